The van der Waals surface area contributed by atoms with E-state index in [-0.39, 0.29) is 12.0 Å². The molecule has 15 heavy (non-hydrogen) atoms. The zero-order valence-electron chi connectivity index (χ0n) is 9.78. The van der Waals surface area contributed by atoms with Gasteiger partial charge in [0.25, 0.3) is 0 Å². The number of aliphatic hydroxyl groups is 1. The SMILES string of the molecule is Cc1cc(C(C)(C)C)nc(C(O)CN)n1. The van der Waals surface area contributed by atoms with Crippen molar-refractivity contribution in [1.29, 1.82) is 0 Å². The first-order valence-electron chi connectivity index (χ1n) is 5.09. The van der Waals surface area contributed by atoms with E-state index in [1.165, 1.54) is 0 Å². The molecule has 0 spiro atoms. The van der Waals surface area contributed by atoms with Crippen LogP contribution < -0.4 is 5.73 Å². The number of aromatic nitrogens is 2. The highest BCUT2D eigenvalue weighted by Gasteiger charge is 2.19. The summed E-state index contributed by atoms with van der Waals surface area (Å²) in [5.74, 6) is 0.419. The van der Waals surface area contributed by atoms with Gasteiger partial charge in [-0.3, -0.25) is 0 Å². The van der Waals surface area contributed by atoms with E-state index in [9.17, 15) is 5.11 Å². The number of aryl methyl sites for hydroxylation is 1. The quantitative estimate of drug-likeness (QED) is 0.764. The maximum Gasteiger partial charge on any atom is 0.158 e. The first kappa shape index (κ1) is 12.1. The Bertz CT molecular complexity index is 344. The Morgan fingerprint density at radius 2 is 2.00 bits per heavy atom. The zero-order valence-corrected chi connectivity index (χ0v) is 9.78. The van der Waals surface area contributed by atoms with Gasteiger partial charge in [0, 0.05) is 23.3 Å². The van der Waals surface area contributed by atoms with E-state index in [1.807, 2.05) is 13.0 Å². The van der Waals surface area contributed by atoms with Gasteiger partial charge < -0.3 is 10.8 Å². The average molecular weight is 209 g/mol. The molecule has 1 atom stereocenters. The molecule has 0 aliphatic rings. The molecule has 0 bridgehead atoms. The number of hydrogen-bond acceptors (Lipinski definition) is 4. The van der Waals surface area contributed by atoms with E-state index in [2.05, 4.69) is 30.7 Å². The summed E-state index contributed by atoms with van der Waals surface area (Å²) in [4.78, 5) is 8.51. The van der Waals surface area contributed by atoms with Crippen LogP contribution in [0.25, 0.3) is 0 Å². The summed E-state index contributed by atoms with van der Waals surface area (Å²) in [5.41, 5.74) is 7.13. The minimum absolute atomic E-state index is 0.0449. The first-order valence-corrected chi connectivity index (χ1v) is 5.09. The van der Waals surface area contributed by atoms with Crippen LogP contribution in [0.1, 0.15) is 44.1 Å². The van der Waals surface area contributed by atoms with Crippen LogP contribution in [0.3, 0.4) is 0 Å². The van der Waals surface area contributed by atoms with Crippen molar-refractivity contribution in [2.24, 2.45) is 5.73 Å². The largest absolute Gasteiger partial charge is 0.384 e. The lowest BCUT2D eigenvalue weighted by atomic mass is 9.91. The highest BCUT2D eigenvalue weighted by atomic mass is 16.3. The number of nitrogens with two attached hydrogens (primary N) is 1. The zero-order chi connectivity index (χ0) is 11.6. The lowest BCUT2D eigenvalue weighted by Gasteiger charge is -2.19. The Kier molecular flexibility index (Phi) is 3.42. The standard InChI is InChI=1S/C11H19N3O/c1-7-5-9(11(2,3)4)14-10(13-7)8(15)6-12/h5,8,15H,6,12H2,1-4H3. The van der Waals surface area contributed by atoms with Crippen molar-refractivity contribution < 1.29 is 5.11 Å². The lowest BCUT2D eigenvalue weighted by Crippen LogP contribution is -2.20. The van der Waals surface area contributed by atoms with E-state index < -0.39 is 6.10 Å². The molecule has 4 heteroatoms. The molecule has 0 amide bonds. The summed E-state index contributed by atoms with van der Waals surface area (Å²) in [5, 5.41) is 9.59. The molecule has 1 unspecified atom stereocenters. The van der Waals surface area contributed by atoms with Crippen molar-refractivity contribution in [2.45, 2.75) is 39.2 Å². The van der Waals surface area contributed by atoms with E-state index in [4.69, 9.17) is 5.73 Å². The molecule has 0 fully saturated rings. The molecule has 3 N–H and O–H groups in total. The Labute approximate surface area is 90.6 Å². The topological polar surface area (TPSA) is 72.0 Å². The highest BCUT2D eigenvalue weighted by molar-refractivity contribution is 5.18. The molecular formula is C11H19N3O. The molecule has 0 saturated carbocycles. The average Bonchev–Trinajstić information content (AvgIpc) is 2.14. The Balaban J connectivity index is 3.17. The van der Waals surface area contributed by atoms with Gasteiger partial charge in [0.1, 0.15) is 6.10 Å². The van der Waals surface area contributed by atoms with Crippen LogP contribution in [0.5, 0.6) is 0 Å². The van der Waals surface area contributed by atoms with Crippen molar-refractivity contribution in [2.75, 3.05) is 6.54 Å². The van der Waals surface area contributed by atoms with Crippen molar-refractivity contribution in [1.82, 2.24) is 9.97 Å². The van der Waals surface area contributed by atoms with Gasteiger partial charge in [-0.15, -0.1) is 0 Å². The van der Waals surface area contributed by atoms with Crippen LogP contribution in [0.4, 0.5) is 0 Å². The van der Waals surface area contributed by atoms with Crippen LogP contribution in [-0.4, -0.2) is 21.6 Å². The third-order valence-corrected chi connectivity index (χ3v) is 2.16. The minimum atomic E-state index is -0.772. The van der Waals surface area contributed by atoms with Crippen LogP contribution >= 0.6 is 0 Å². The van der Waals surface area contributed by atoms with Crippen LogP contribution in [0, 0.1) is 6.92 Å². The number of nitrogens with zero attached hydrogens (tertiary/aromatic N) is 2. The van der Waals surface area contributed by atoms with Crippen molar-refractivity contribution in [3.63, 3.8) is 0 Å². The van der Waals surface area contributed by atoms with Gasteiger partial charge in [-0.25, -0.2) is 9.97 Å². The fourth-order valence-corrected chi connectivity index (χ4v) is 1.23. The van der Waals surface area contributed by atoms with E-state index in [1.54, 1.807) is 0 Å². The van der Waals surface area contributed by atoms with Gasteiger partial charge >= 0.3 is 0 Å². The molecule has 1 rings (SSSR count). The third-order valence-electron chi connectivity index (χ3n) is 2.16. The maximum atomic E-state index is 9.59. The molecule has 1 aromatic heterocycles. The second kappa shape index (κ2) is 4.24. The molecule has 1 aromatic rings. The molecule has 0 aliphatic carbocycles. The second-order valence-corrected chi connectivity index (χ2v) is 4.75. The summed E-state index contributed by atoms with van der Waals surface area (Å²) in [7, 11) is 0. The number of hydrogen-bond donors (Lipinski definition) is 2. The molecule has 84 valence electrons. The van der Waals surface area contributed by atoms with E-state index >= 15 is 0 Å². The summed E-state index contributed by atoms with van der Waals surface area (Å²) >= 11 is 0. The summed E-state index contributed by atoms with van der Waals surface area (Å²) < 4.78 is 0. The minimum Gasteiger partial charge on any atom is -0.384 e. The van der Waals surface area contributed by atoms with Gasteiger partial charge in [0.05, 0.1) is 0 Å². The van der Waals surface area contributed by atoms with E-state index in [0.29, 0.717) is 5.82 Å². The maximum absolute atomic E-state index is 9.59. The Morgan fingerprint density at radius 3 is 2.47 bits per heavy atom. The smallest absolute Gasteiger partial charge is 0.158 e. The predicted octanol–water partition coefficient (Wildman–Crippen LogP) is 1.07. The summed E-state index contributed by atoms with van der Waals surface area (Å²) in [6.45, 7) is 8.27. The Hall–Kier alpha value is -1.00. The number of aliphatic hydroxyl groups excluding tert-OH is 1. The summed E-state index contributed by atoms with van der Waals surface area (Å²) in [6, 6.07) is 1.94. The van der Waals surface area contributed by atoms with Gasteiger partial charge in [0.2, 0.25) is 0 Å². The van der Waals surface area contributed by atoms with Gasteiger partial charge in [0.15, 0.2) is 5.82 Å². The molecule has 0 aliphatic heterocycles. The van der Waals surface area contributed by atoms with Crippen molar-refractivity contribution in [3.8, 4) is 0 Å². The monoisotopic (exact) mass is 209 g/mol. The molecule has 4 nitrogen and oxygen atoms in total. The van der Waals surface area contributed by atoms with Crippen molar-refractivity contribution >= 4 is 0 Å². The first-order chi connectivity index (χ1) is 6.84. The normalized spacial score (nSPS) is 14.0. The third kappa shape index (κ3) is 2.97. The van der Waals surface area contributed by atoms with Crippen LogP contribution in [0.15, 0.2) is 6.07 Å². The lowest BCUT2D eigenvalue weighted by molar-refractivity contribution is 0.175. The van der Waals surface area contributed by atoms with Gasteiger partial charge in [-0.05, 0) is 13.0 Å². The number of rotatable bonds is 2. The highest BCUT2D eigenvalue weighted by Crippen LogP contribution is 2.21. The Morgan fingerprint density at radius 1 is 1.40 bits per heavy atom. The van der Waals surface area contributed by atoms with Gasteiger partial charge in [-0.2, -0.15) is 0 Å². The fourth-order valence-electron chi connectivity index (χ4n) is 1.23. The van der Waals surface area contributed by atoms with Crippen LogP contribution in [-0.2, 0) is 5.41 Å². The van der Waals surface area contributed by atoms with Crippen LogP contribution in [0.2, 0.25) is 0 Å². The fraction of sp³-hybridized carbons (Fsp3) is 0.636. The molecular weight excluding hydrogens is 190 g/mol. The second-order valence-electron chi connectivity index (χ2n) is 4.75. The van der Waals surface area contributed by atoms with Crippen molar-refractivity contribution in [3.05, 3.63) is 23.3 Å². The summed E-state index contributed by atoms with van der Waals surface area (Å²) in [6.07, 6.45) is -0.772. The molecule has 0 radical (unpaired) electrons. The predicted molar refractivity (Wildman–Crippen MR) is 59.5 cm³/mol. The molecule has 1 heterocycles. The molecule has 0 aromatic carbocycles. The van der Waals surface area contributed by atoms with E-state index in [0.717, 1.165) is 11.4 Å². The van der Waals surface area contributed by atoms with Gasteiger partial charge in [-0.1, -0.05) is 20.8 Å². The molecule has 0 saturated heterocycles.